The molecule has 1 heterocycles. The molecule has 0 saturated carbocycles. The molecule has 0 fully saturated rings. The Labute approximate surface area is 103 Å². The van der Waals surface area contributed by atoms with Gasteiger partial charge in [0.2, 0.25) is 5.91 Å². The number of hydrogen-bond donors (Lipinski definition) is 2. The van der Waals surface area contributed by atoms with Crippen molar-refractivity contribution in [3.05, 3.63) is 30.1 Å². The Bertz CT molecular complexity index is 340. The predicted molar refractivity (Wildman–Crippen MR) is 68.4 cm³/mol. The van der Waals surface area contributed by atoms with Crippen LogP contribution in [0.15, 0.2) is 24.4 Å². The van der Waals surface area contributed by atoms with Gasteiger partial charge >= 0.3 is 0 Å². The Morgan fingerprint density at radius 3 is 2.82 bits per heavy atom. The number of nitrogens with one attached hydrogen (secondary N) is 1. The highest BCUT2D eigenvalue weighted by molar-refractivity contribution is 5.80. The molecule has 0 saturated heterocycles. The summed E-state index contributed by atoms with van der Waals surface area (Å²) in [5.41, 5.74) is 6.40. The van der Waals surface area contributed by atoms with E-state index in [0.717, 1.165) is 25.1 Å². The Morgan fingerprint density at radius 1 is 1.53 bits per heavy atom. The van der Waals surface area contributed by atoms with Crippen molar-refractivity contribution in [2.45, 2.75) is 32.7 Å². The van der Waals surface area contributed by atoms with E-state index in [0.29, 0.717) is 0 Å². The molecular formula is C13H21N3O. The average Bonchev–Trinajstić information content (AvgIpc) is 2.34. The number of hydrogen-bond acceptors (Lipinski definition) is 3. The fraction of sp³-hybridized carbons (Fsp3) is 0.538. The van der Waals surface area contributed by atoms with Crippen molar-refractivity contribution >= 4 is 5.91 Å². The number of primary amides is 1. The van der Waals surface area contributed by atoms with Gasteiger partial charge in [0.05, 0.1) is 6.04 Å². The smallest absolute Gasteiger partial charge is 0.234 e. The highest BCUT2D eigenvalue weighted by atomic mass is 16.1. The quantitative estimate of drug-likeness (QED) is 0.744. The lowest BCUT2D eigenvalue weighted by Crippen LogP contribution is -2.46. The lowest BCUT2D eigenvalue weighted by molar-refractivity contribution is -0.121. The lowest BCUT2D eigenvalue weighted by Gasteiger charge is -2.21. The minimum Gasteiger partial charge on any atom is -0.368 e. The van der Waals surface area contributed by atoms with Crippen LogP contribution < -0.4 is 11.1 Å². The molecule has 4 heteroatoms. The van der Waals surface area contributed by atoms with E-state index in [-0.39, 0.29) is 17.9 Å². The van der Waals surface area contributed by atoms with E-state index in [1.807, 2.05) is 25.1 Å². The molecule has 0 radical (unpaired) electrons. The third-order valence-electron chi connectivity index (χ3n) is 2.99. The summed E-state index contributed by atoms with van der Waals surface area (Å²) in [4.78, 5) is 15.5. The molecule has 3 N–H and O–H groups in total. The maximum absolute atomic E-state index is 11.3. The summed E-state index contributed by atoms with van der Waals surface area (Å²) in [6.45, 7) is 4.80. The highest BCUT2D eigenvalue weighted by Crippen LogP contribution is 2.07. The van der Waals surface area contributed by atoms with Crippen LogP contribution in [-0.4, -0.2) is 23.5 Å². The van der Waals surface area contributed by atoms with Crippen LogP contribution in [0.3, 0.4) is 0 Å². The first-order valence-electron chi connectivity index (χ1n) is 6.07. The normalized spacial score (nSPS) is 14.2. The van der Waals surface area contributed by atoms with E-state index in [9.17, 15) is 4.79 Å². The third-order valence-corrected chi connectivity index (χ3v) is 2.99. The Morgan fingerprint density at radius 2 is 2.29 bits per heavy atom. The van der Waals surface area contributed by atoms with Gasteiger partial charge in [0.25, 0.3) is 0 Å². The van der Waals surface area contributed by atoms with Gasteiger partial charge < -0.3 is 11.1 Å². The van der Waals surface area contributed by atoms with Crippen LogP contribution in [0.25, 0.3) is 0 Å². The number of carbonyl (C=O) groups excluding carboxylic acids is 1. The van der Waals surface area contributed by atoms with Gasteiger partial charge in [-0.1, -0.05) is 26.3 Å². The van der Waals surface area contributed by atoms with Gasteiger partial charge in [-0.15, -0.1) is 0 Å². The van der Waals surface area contributed by atoms with Gasteiger partial charge in [0.1, 0.15) is 0 Å². The molecule has 0 aliphatic rings. The molecule has 17 heavy (non-hydrogen) atoms. The van der Waals surface area contributed by atoms with Gasteiger partial charge in [0, 0.05) is 24.9 Å². The van der Waals surface area contributed by atoms with Crippen molar-refractivity contribution in [2.75, 3.05) is 6.54 Å². The van der Waals surface area contributed by atoms with Gasteiger partial charge in [-0.05, 0) is 18.1 Å². The number of aromatic nitrogens is 1. The molecule has 4 nitrogen and oxygen atoms in total. The lowest BCUT2D eigenvalue weighted by atomic mass is 9.98. The summed E-state index contributed by atoms with van der Waals surface area (Å²) in [5.74, 6) is -0.0170. The van der Waals surface area contributed by atoms with Gasteiger partial charge in [-0.25, -0.2) is 0 Å². The first-order chi connectivity index (χ1) is 8.15. The maximum Gasteiger partial charge on any atom is 0.234 e. The Kier molecular flexibility index (Phi) is 5.63. The van der Waals surface area contributed by atoms with Crippen LogP contribution in [0.4, 0.5) is 0 Å². The molecule has 0 spiro atoms. The molecular weight excluding hydrogens is 214 g/mol. The van der Waals surface area contributed by atoms with Crippen molar-refractivity contribution in [3.63, 3.8) is 0 Å². The van der Waals surface area contributed by atoms with E-state index >= 15 is 0 Å². The number of carbonyl (C=O) groups is 1. The fourth-order valence-corrected chi connectivity index (χ4v) is 1.72. The van der Waals surface area contributed by atoms with Crippen molar-refractivity contribution in [2.24, 2.45) is 11.7 Å². The largest absolute Gasteiger partial charge is 0.368 e. The molecule has 94 valence electrons. The van der Waals surface area contributed by atoms with E-state index in [1.54, 1.807) is 6.20 Å². The fourth-order valence-electron chi connectivity index (χ4n) is 1.72. The maximum atomic E-state index is 11.3. The molecule has 1 rings (SSSR count). The summed E-state index contributed by atoms with van der Waals surface area (Å²) in [7, 11) is 0. The van der Waals surface area contributed by atoms with Crippen LogP contribution in [0.2, 0.25) is 0 Å². The van der Waals surface area contributed by atoms with Gasteiger partial charge in [0.15, 0.2) is 0 Å². The van der Waals surface area contributed by atoms with Crippen LogP contribution in [0.1, 0.15) is 26.0 Å². The standard InChI is InChI=1S/C13H21N3O/c1-3-10(2)12(13(14)17)16-9-7-11-6-4-5-8-15-11/h4-6,8,10,12,16H,3,7,9H2,1-2H3,(H2,14,17)/t10?,12-/m0/s1. The first-order valence-corrected chi connectivity index (χ1v) is 6.07. The van der Waals surface area contributed by atoms with Crippen LogP contribution in [0, 0.1) is 5.92 Å². The molecule has 0 aliphatic heterocycles. The summed E-state index contributed by atoms with van der Waals surface area (Å²) in [6.07, 6.45) is 3.51. The summed E-state index contributed by atoms with van der Waals surface area (Å²) in [5, 5.41) is 3.20. The number of pyridine rings is 1. The predicted octanol–water partition coefficient (Wildman–Crippen LogP) is 1.11. The zero-order valence-electron chi connectivity index (χ0n) is 10.5. The molecule has 1 aromatic heterocycles. The van der Waals surface area contributed by atoms with Gasteiger partial charge in [-0.3, -0.25) is 9.78 Å². The second-order valence-electron chi connectivity index (χ2n) is 4.29. The second kappa shape index (κ2) is 7.01. The topological polar surface area (TPSA) is 68.0 Å². The SMILES string of the molecule is CCC(C)[C@H](NCCc1ccccn1)C(N)=O. The number of amides is 1. The number of nitrogens with zero attached hydrogens (tertiary/aromatic N) is 1. The van der Waals surface area contributed by atoms with Crippen LogP contribution in [0.5, 0.6) is 0 Å². The molecule has 0 aliphatic carbocycles. The molecule has 1 aromatic rings. The van der Waals surface area contributed by atoms with E-state index in [4.69, 9.17) is 5.73 Å². The molecule has 1 amide bonds. The van der Waals surface area contributed by atoms with E-state index in [1.165, 1.54) is 0 Å². The molecule has 0 aromatic carbocycles. The highest BCUT2D eigenvalue weighted by Gasteiger charge is 2.20. The average molecular weight is 235 g/mol. The van der Waals surface area contributed by atoms with Crippen molar-refractivity contribution in [3.8, 4) is 0 Å². The van der Waals surface area contributed by atoms with Crippen molar-refractivity contribution < 1.29 is 4.79 Å². The third kappa shape index (κ3) is 4.53. The molecule has 2 atom stereocenters. The monoisotopic (exact) mass is 235 g/mol. The molecule has 1 unspecified atom stereocenters. The van der Waals surface area contributed by atoms with Gasteiger partial charge in [-0.2, -0.15) is 0 Å². The van der Waals surface area contributed by atoms with Crippen LogP contribution in [-0.2, 0) is 11.2 Å². The minimum absolute atomic E-state index is 0.247. The molecule has 0 bridgehead atoms. The van der Waals surface area contributed by atoms with Crippen LogP contribution >= 0.6 is 0 Å². The summed E-state index contributed by atoms with van der Waals surface area (Å²) < 4.78 is 0. The van der Waals surface area contributed by atoms with E-state index in [2.05, 4.69) is 17.2 Å². The second-order valence-corrected chi connectivity index (χ2v) is 4.29. The summed E-state index contributed by atoms with van der Waals surface area (Å²) in [6, 6.07) is 5.58. The zero-order chi connectivity index (χ0) is 12.7. The number of rotatable bonds is 7. The zero-order valence-corrected chi connectivity index (χ0v) is 10.5. The number of nitrogens with two attached hydrogens (primary N) is 1. The Hall–Kier alpha value is -1.42. The van der Waals surface area contributed by atoms with E-state index < -0.39 is 0 Å². The van der Waals surface area contributed by atoms with Crippen molar-refractivity contribution in [1.82, 2.24) is 10.3 Å². The minimum atomic E-state index is -0.277. The van der Waals surface area contributed by atoms with Crippen molar-refractivity contribution in [1.29, 1.82) is 0 Å². The Balaban J connectivity index is 2.40. The summed E-state index contributed by atoms with van der Waals surface area (Å²) >= 11 is 0. The first kappa shape index (κ1) is 13.6.